The number of hydrogen-bond acceptors (Lipinski definition) is 6. The Morgan fingerprint density at radius 1 is 1.39 bits per heavy atom. The van der Waals surface area contributed by atoms with E-state index in [0.29, 0.717) is 0 Å². The van der Waals surface area contributed by atoms with Gasteiger partial charge in [0.2, 0.25) is 5.13 Å². The van der Waals surface area contributed by atoms with Crippen LogP contribution < -0.4 is 5.32 Å². The molecule has 98 valence electrons. The molecule has 2 aromatic rings. The highest BCUT2D eigenvalue weighted by Gasteiger charge is 2.21. The molecule has 1 atom stereocenters. The lowest BCUT2D eigenvalue weighted by atomic mass is 9.96. The predicted molar refractivity (Wildman–Crippen MR) is 77.4 cm³/mol. The number of rotatable bonds is 4. The van der Waals surface area contributed by atoms with Crippen LogP contribution in [0.5, 0.6) is 0 Å². The SMILES string of the molecule is CCC(Nc1nc(C(C)(C)C)ns1)c1nccs1. The fraction of sp³-hybridized carbons (Fsp3) is 0.583. The summed E-state index contributed by atoms with van der Waals surface area (Å²) in [6.45, 7) is 8.51. The van der Waals surface area contributed by atoms with Crippen LogP contribution in [0.4, 0.5) is 5.13 Å². The number of aromatic nitrogens is 3. The smallest absolute Gasteiger partial charge is 0.203 e. The average Bonchev–Trinajstić information content (AvgIpc) is 2.95. The third-order valence-electron chi connectivity index (χ3n) is 2.55. The van der Waals surface area contributed by atoms with Crippen LogP contribution in [0.3, 0.4) is 0 Å². The van der Waals surface area contributed by atoms with Gasteiger partial charge in [-0.1, -0.05) is 27.7 Å². The second kappa shape index (κ2) is 5.32. The molecule has 0 aliphatic heterocycles. The molecule has 1 N–H and O–H groups in total. The second-order valence-corrected chi connectivity index (χ2v) is 6.83. The van der Waals surface area contributed by atoms with Crippen LogP contribution in [0.2, 0.25) is 0 Å². The summed E-state index contributed by atoms with van der Waals surface area (Å²) >= 11 is 3.09. The molecule has 18 heavy (non-hydrogen) atoms. The van der Waals surface area contributed by atoms with Gasteiger partial charge >= 0.3 is 0 Å². The highest BCUT2D eigenvalue weighted by Crippen LogP contribution is 2.27. The van der Waals surface area contributed by atoms with E-state index in [2.05, 4.69) is 47.4 Å². The van der Waals surface area contributed by atoms with E-state index in [1.807, 2.05) is 11.6 Å². The highest BCUT2D eigenvalue weighted by atomic mass is 32.1. The molecular formula is C12H18N4S2. The Kier molecular flexibility index (Phi) is 3.97. The molecule has 0 aliphatic rings. The van der Waals surface area contributed by atoms with Gasteiger partial charge in [0, 0.05) is 28.5 Å². The van der Waals surface area contributed by atoms with Crippen LogP contribution in [0.15, 0.2) is 11.6 Å². The lowest BCUT2D eigenvalue weighted by Crippen LogP contribution is -2.14. The van der Waals surface area contributed by atoms with E-state index in [9.17, 15) is 0 Å². The maximum atomic E-state index is 4.55. The molecule has 4 nitrogen and oxygen atoms in total. The van der Waals surface area contributed by atoms with E-state index < -0.39 is 0 Å². The van der Waals surface area contributed by atoms with Crippen LogP contribution in [0.25, 0.3) is 0 Å². The Morgan fingerprint density at radius 2 is 2.17 bits per heavy atom. The van der Waals surface area contributed by atoms with Crippen LogP contribution in [-0.4, -0.2) is 14.3 Å². The van der Waals surface area contributed by atoms with Crippen molar-refractivity contribution in [3.63, 3.8) is 0 Å². The highest BCUT2D eigenvalue weighted by molar-refractivity contribution is 7.10. The van der Waals surface area contributed by atoms with Crippen molar-refractivity contribution >= 4 is 28.0 Å². The van der Waals surface area contributed by atoms with Gasteiger partial charge in [-0.25, -0.2) is 9.97 Å². The Hall–Kier alpha value is -1.01. The molecule has 0 bridgehead atoms. The number of hydrogen-bond donors (Lipinski definition) is 1. The van der Waals surface area contributed by atoms with Crippen molar-refractivity contribution in [1.82, 2.24) is 14.3 Å². The van der Waals surface area contributed by atoms with Gasteiger partial charge in [0.05, 0.1) is 6.04 Å². The van der Waals surface area contributed by atoms with Gasteiger partial charge in [-0.3, -0.25) is 0 Å². The molecule has 0 radical (unpaired) electrons. The van der Waals surface area contributed by atoms with Crippen LogP contribution in [0, 0.1) is 0 Å². The van der Waals surface area contributed by atoms with Gasteiger partial charge in [-0.2, -0.15) is 4.37 Å². The summed E-state index contributed by atoms with van der Waals surface area (Å²) in [7, 11) is 0. The van der Waals surface area contributed by atoms with E-state index in [1.165, 1.54) is 11.5 Å². The molecule has 2 heterocycles. The number of anilines is 1. The minimum Gasteiger partial charge on any atom is -0.351 e. The average molecular weight is 282 g/mol. The summed E-state index contributed by atoms with van der Waals surface area (Å²) < 4.78 is 4.41. The third kappa shape index (κ3) is 3.05. The van der Waals surface area contributed by atoms with Gasteiger partial charge < -0.3 is 5.32 Å². The molecule has 0 spiro atoms. The standard InChI is InChI=1S/C12H18N4S2/c1-5-8(9-13-6-7-17-9)14-11-15-10(16-18-11)12(2,3)4/h6-8H,5H2,1-4H3,(H,14,15,16). The molecule has 0 amide bonds. The van der Waals surface area contributed by atoms with E-state index in [1.54, 1.807) is 11.3 Å². The summed E-state index contributed by atoms with van der Waals surface area (Å²) in [5, 5.41) is 7.40. The Labute approximate surface area is 116 Å². The zero-order valence-electron chi connectivity index (χ0n) is 11.1. The van der Waals surface area contributed by atoms with Crippen LogP contribution >= 0.6 is 22.9 Å². The van der Waals surface area contributed by atoms with E-state index in [0.717, 1.165) is 22.4 Å². The molecule has 0 saturated carbocycles. The first-order chi connectivity index (χ1) is 8.50. The first-order valence-electron chi connectivity index (χ1n) is 6.01. The maximum Gasteiger partial charge on any atom is 0.203 e. The zero-order chi connectivity index (χ0) is 13.2. The minimum absolute atomic E-state index is 0.000671. The third-order valence-corrected chi connectivity index (χ3v) is 4.09. The molecule has 0 aliphatic carbocycles. The molecule has 1 unspecified atom stereocenters. The first-order valence-corrected chi connectivity index (χ1v) is 7.66. The second-order valence-electron chi connectivity index (χ2n) is 5.15. The number of nitrogens with one attached hydrogen (secondary N) is 1. The zero-order valence-corrected chi connectivity index (χ0v) is 12.7. The van der Waals surface area contributed by atoms with Gasteiger partial charge in [0.1, 0.15) is 10.8 Å². The van der Waals surface area contributed by atoms with Crippen molar-refractivity contribution in [2.75, 3.05) is 5.32 Å². The maximum absolute atomic E-state index is 4.55. The Bertz CT molecular complexity index is 484. The summed E-state index contributed by atoms with van der Waals surface area (Å²) in [5.41, 5.74) is -0.000671. The van der Waals surface area contributed by atoms with E-state index >= 15 is 0 Å². The monoisotopic (exact) mass is 282 g/mol. The van der Waals surface area contributed by atoms with Gasteiger partial charge in [-0.05, 0) is 6.42 Å². The molecule has 6 heteroatoms. The summed E-state index contributed by atoms with van der Waals surface area (Å²) in [5.74, 6) is 0.893. The van der Waals surface area contributed by atoms with Crippen LogP contribution in [-0.2, 0) is 5.41 Å². The lowest BCUT2D eigenvalue weighted by molar-refractivity contribution is 0.554. The summed E-state index contributed by atoms with van der Waals surface area (Å²) in [4.78, 5) is 8.90. The fourth-order valence-corrected chi connectivity index (χ4v) is 3.06. The quantitative estimate of drug-likeness (QED) is 0.925. The summed E-state index contributed by atoms with van der Waals surface area (Å²) in [6.07, 6.45) is 2.82. The minimum atomic E-state index is -0.000671. The van der Waals surface area contributed by atoms with Gasteiger partial charge in [0.15, 0.2) is 0 Å². The van der Waals surface area contributed by atoms with Crippen molar-refractivity contribution in [1.29, 1.82) is 0 Å². The summed E-state index contributed by atoms with van der Waals surface area (Å²) in [6, 6.07) is 0.228. The van der Waals surface area contributed by atoms with E-state index in [4.69, 9.17) is 0 Å². The molecule has 2 rings (SSSR count). The lowest BCUT2D eigenvalue weighted by Gasteiger charge is -2.14. The normalized spacial score (nSPS) is 13.6. The van der Waals surface area contributed by atoms with E-state index in [-0.39, 0.29) is 11.5 Å². The molecule has 0 aromatic carbocycles. The molecule has 2 aromatic heterocycles. The Balaban J connectivity index is 2.11. The van der Waals surface area contributed by atoms with Crippen molar-refractivity contribution in [2.45, 2.75) is 45.6 Å². The van der Waals surface area contributed by atoms with Crippen molar-refractivity contribution in [3.8, 4) is 0 Å². The van der Waals surface area contributed by atoms with Gasteiger partial charge in [-0.15, -0.1) is 11.3 Å². The topological polar surface area (TPSA) is 50.7 Å². The van der Waals surface area contributed by atoms with Crippen LogP contribution in [0.1, 0.15) is 51.0 Å². The number of thiazole rings is 1. The Morgan fingerprint density at radius 3 is 2.67 bits per heavy atom. The van der Waals surface area contributed by atoms with Crippen molar-refractivity contribution < 1.29 is 0 Å². The number of nitrogens with zero attached hydrogens (tertiary/aromatic N) is 3. The largest absolute Gasteiger partial charge is 0.351 e. The fourth-order valence-electron chi connectivity index (χ4n) is 1.48. The van der Waals surface area contributed by atoms with Gasteiger partial charge in [0.25, 0.3) is 0 Å². The molecular weight excluding hydrogens is 264 g/mol. The predicted octanol–water partition coefficient (Wildman–Crippen LogP) is 3.86. The van der Waals surface area contributed by atoms with Crippen molar-refractivity contribution in [2.24, 2.45) is 0 Å². The first kappa shape index (κ1) is 13.4. The van der Waals surface area contributed by atoms with Crippen molar-refractivity contribution in [3.05, 3.63) is 22.4 Å². The molecule has 0 fully saturated rings. The molecule has 0 saturated heterocycles.